The van der Waals surface area contributed by atoms with E-state index in [-0.39, 0.29) is 11.8 Å². The molecule has 0 N–H and O–H groups in total. The number of nitrogens with zero attached hydrogens (tertiary/aromatic N) is 2. The number of rotatable bonds is 6. The van der Waals surface area contributed by atoms with Gasteiger partial charge in [0.25, 0.3) is 5.91 Å². The Morgan fingerprint density at radius 1 is 1.25 bits per heavy atom. The molecule has 2 amide bonds. The van der Waals surface area contributed by atoms with Crippen molar-refractivity contribution in [1.82, 2.24) is 9.80 Å². The molecule has 0 saturated carbocycles. The lowest BCUT2D eigenvalue weighted by Gasteiger charge is -2.43. The monoisotopic (exact) mass is 400 g/mol. The van der Waals surface area contributed by atoms with Gasteiger partial charge in [0.1, 0.15) is 0 Å². The minimum atomic E-state index is -1.06. The molecule has 0 spiro atoms. The summed E-state index contributed by atoms with van der Waals surface area (Å²) >= 11 is 1.65. The fraction of sp³-hybridized carbons (Fsp3) is 0.455. The van der Waals surface area contributed by atoms with E-state index < -0.39 is 5.60 Å². The minimum Gasteiger partial charge on any atom is -0.361 e. The number of thiophene rings is 1. The number of hydrogen-bond acceptors (Lipinski definition) is 4. The van der Waals surface area contributed by atoms with Crippen LogP contribution < -0.4 is 0 Å². The van der Waals surface area contributed by atoms with E-state index in [2.05, 4.69) is 22.9 Å². The molecule has 2 heterocycles. The van der Waals surface area contributed by atoms with Gasteiger partial charge in [0.05, 0.1) is 13.2 Å². The normalized spacial score (nSPS) is 19.5. The maximum Gasteiger partial charge on any atom is 0.256 e. The van der Waals surface area contributed by atoms with Crippen LogP contribution in [0.15, 0.2) is 41.1 Å². The van der Waals surface area contributed by atoms with Crippen LogP contribution in [-0.2, 0) is 20.7 Å². The molecule has 0 bridgehead atoms. The summed E-state index contributed by atoms with van der Waals surface area (Å²) in [7, 11) is 3.48. The Labute approximate surface area is 170 Å². The predicted molar refractivity (Wildman–Crippen MR) is 112 cm³/mol. The van der Waals surface area contributed by atoms with Crippen LogP contribution in [0.5, 0.6) is 0 Å². The second-order valence-electron chi connectivity index (χ2n) is 7.45. The highest BCUT2D eigenvalue weighted by molar-refractivity contribution is 7.08. The molecule has 2 aromatic rings. The average molecular weight is 401 g/mol. The number of likely N-dealkylation sites (N-methyl/N-ethyl adjacent to an activating group) is 1. The molecule has 6 heteroatoms. The summed E-state index contributed by atoms with van der Waals surface area (Å²) in [5.41, 5.74) is 2.25. The number of amides is 2. The van der Waals surface area contributed by atoms with Crippen LogP contribution in [0.3, 0.4) is 0 Å². The standard InChI is InChI=1S/C22H28N2O3S/c1-4-7-20(25)24-11-12-27-22(16-24,21(26)23(2)3)14-17-8-5-6-9-19(17)18-10-13-28-15-18/h5-6,8-10,13,15H,4,7,11-12,14,16H2,1-3H3/t22-/m1/s1. The third kappa shape index (κ3) is 4.28. The minimum absolute atomic E-state index is 0.0906. The fourth-order valence-electron chi connectivity index (χ4n) is 3.77. The van der Waals surface area contributed by atoms with Crippen molar-refractivity contribution in [3.63, 3.8) is 0 Å². The SMILES string of the molecule is CCCC(=O)N1CCO[C@@](Cc2ccccc2-c2ccsc2)(C(=O)N(C)C)C1. The van der Waals surface area contributed by atoms with Crippen molar-refractivity contribution in [2.24, 2.45) is 0 Å². The number of hydrogen-bond donors (Lipinski definition) is 0. The molecule has 150 valence electrons. The Balaban J connectivity index is 1.96. The summed E-state index contributed by atoms with van der Waals surface area (Å²) in [6.07, 6.45) is 1.73. The maximum atomic E-state index is 13.2. The Morgan fingerprint density at radius 2 is 2.04 bits per heavy atom. The van der Waals surface area contributed by atoms with Crippen molar-refractivity contribution in [1.29, 1.82) is 0 Å². The average Bonchev–Trinajstić information content (AvgIpc) is 3.22. The lowest BCUT2D eigenvalue weighted by molar-refractivity contribution is -0.172. The van der Waals surface area contributed by atoms with Gasteiger partial charge in [0.15, 0.2) is 5.60 Å². The third-order valence-electron chi connectivity index (χ3n) is 5.12. The van der Waals surface area contributed by atoms with E-state index in [1.165, 1.54) is 0 Å². The third-order valence-corrected chi connectivity index (χ3v) is 5.81. The number of carbonyl (C=O) groups is 2. The molecule has 1 aliphatic rings. The van der Waals surface area contributed by atoms with E-state index in [1.807, 2.05) is 25.1 Å². The van der Waals surface area contributed by atoms with Crippen molar-refractivity contribution in [2.45, 2.75) is 31.8 Å². The number of carbonyl (C=O) groups excluding carboxylic acids is 2. The Bertz CT molecular complexity index is 819. The molecule has 0 unspecified atom stereocenters. The smallest absolute Gasteiger partial charge is 0.256 e. The molecule has 0 radical (unpaired) electrons. The number of ether oxygens (including phenoxy) is 1. The predicted octanol–water partition coefficient (Wildman–Crippen LogP) is 3.44. The van der Waals surface area contributed by atoms with Gasteiger partial charge in [-0.05, 0) is 39.9 Å². The highest BCUT2D eigenvalue weighted by atomic mass is 32.1. The Hall–Kier alpha value is -2.18. The molecule has 1 fully saturated rings. The molecule has 1 atom stereocenters. The van der Waals surface area contributed by atoms with Gasteiger partial charge in [-0.25, -0.2) is 0 Å². The summed E-state index contributed by atoms with van der Waals surface area (Å²) in [5, 5.41) is 4.16. The first-order valence-corrected chi connectivity index (χ1v) is 10.6. The quantitative estimate of drug-likeness (QED) is 0.746. The summed E-state index contributed by atoms with van der Waals surface area (Å²) < 4.78 is 6.14. The molecule has 28 heavy (non-hydrogen) atoms. The van der Waals surface area contributed by atoms with Crippen LogP contribution in [0, 0.1) is 0 Å². The number of benzene rings is 1. The molecule has 5 nitrogen and oxygen atoms in total. The van der Waals surface area contributed by atoms with Gasteiger partial charge >= 0.3 is 0 Å². The van der Waals surface area contributed by atoms with E-state index in [4.69, 9.17) is 4.74 Å². The van der Waals surface area contributed by atoms with Crippen LogP contribution in [0.4, 0.5) is 0 Å². The van der Waals surface area contributed by atoms with Crippen molar-refractivity contribution >= 4 is 23.2 Å². The van der Waals surface area contributed by atoms with Crippen LogP contribution in [0.1, 0.15) is 25.3 Å². The summed E-state index contributed by atoms with van der Waals surface area (Å²) in [6, 6.07) is 10.2. The van der Waals surface area contributed by atoms with Crippen molar-refractivity contribution in [2.75, 3.05) is 33.8 Å². The van der Waals surface area contributed by atoms with Crippen molar-refractivity contribution < 1.29 is 14.3 Å². The summed E-state index contributed by atoms with van der Waals surface area (Å²) in [4.78, 5) is 29.1. The topological polar surface area (TPSA) is 49.9 Å². The summed E-state index contributed by atoms with van der Waals surface area (Å²) in [6.45, 7) is 3.19. The molecule has 0 aliphatic carbocycles. The van der Waals surface area contributed by atoms with Gasteiger partial charge in [0, 0.05) is 33.5 Å². The molecular weight excluding hydrogens is 372 g/mol. The van der Waals surface area contributed by atoms with Crippen LogP contribution in [0.25, 0.3) is 11.1 Å². The van der Waals surface area contributed by atoms with E-state index in [0.29, 0.717) is 32.5 Å². The molecule has 3 rings (SSSR count). The zero-order valence-corrected chi connectivity index (χ0v) is 17.6. The maximum absolute atomic E-state index is 13.2. The largest absolute Gasteiger partial charge is 0.361 e. The number of morpholine rings is 1. The molecule has 1 aromatic heterocycles. The fourth-order valence-corrected chi connectivity index (χ4v) is 4.43. The van der Waals surface area contributed by atoms with Crippen molar-refractivity contribution in [3.05, 3.63) is 46.7 Å². The van der Waals surface area contributed by atoms with Crippen LogP contribution in [0.2, 0.25) is 0 Å². The molecule has 1 saturated heterocycles. The van der Waals surface area contributed by atoms with Gasteiger partial charge in [-0.3, -0.25) is 9.59 Å². The first kappa shape index (κ1) is 20.6. The zero-order chi connectivity index (χ0) is 20.1. The van der Waals surface area contributed by atoms with Gasteiger partial charge < -0.3 is 14.5 Å². The summed E-state index contributed by atoms with van der Waals surface area (Å²) in [5.74, 6) is -0.00512. The van der Waals surface area contributed by atoms with E-state index in [1.54, 1.807) is 35.2 Å². The molecule has 1 aliphatic heterocycles. The Kier molecular flexibility index (Phi) is 6.52. The van der Waals surface area contributed by atoms with E-state index in [0.717, 1.165) is 23.1 Å². The van der Waals surface area contributed by atoms with Crippen LogP contribution >= 0.6 is 11.3 Å². The first-order valence-electron chi connectivity index (χ1n) is 9.71. The highest BCUT2D eigenvalue weighted by Crippen LogP contribution is 2.32. The second-order valence-corrected chi connectivity index (χ2v) is 8.23. The van der Waals surface area contributed by atoms with Gasteiger partial charge in [-0.15, -0.1) is 0 Å². The van der Waals surface area contributed by atoms with E-state index in [9.17, 15) is 9.59 Å². The van der Waals surface area contributed by atoms with Gasteiger partial charge in [-0.1, -0.05) is 31.2 Å². The van der Waals surface area contributed by atoms with E-state index >= 15 is 0 Å². The van der Waals surface area contributed by atoms with Gasteiger partial charge in [0.2, 0.25) is 5.91 Å². The Morgan fingerprint density at radius 3 is 2.71 bits per heavy atom. The molecule has 1 aromatic carbocycles. The lowest BCUT2D eigenvalue weighted by Crippen LogP contribution is -2.61. The lowest BCUT2D eigenvalue weighted by atomic mass is 9.87. The zero-order valence-electron chi connectivity index (χ0n) is 16.8. The highest BCUT2D eigenvalue weighted by Gasteiger charge is 2.46. The van der Waals surface area contributed by atoms with Gasteiger partial charge in [-0.2, -0.15) is 11.3 Å². The van der Waals surface area contributed by atoms with Crippen LogP contribution in [-0.4, -0.2) is 61.0 Å². The second kappa shape index (κ2) is 8.88. The first-order chi connectivity index (χ1) is 13.5. The molecular formula is C22H28N2O3S. The van der Waals surface area contributed by atoms with Crippen molar-refractivity contribution in [3.8, 4) is 11.1 Å².